The summed E-state index contributed by atoms with van der Waals surface area (Å²) < 4.78 is 5.67. The minimum absolute atomic E-state index is 0.0156. The van der Waals surface area contributed by atoms with Crippen molar-refractivity contribution < 1.29 is 9.84 Å². The molecule has 0 aromatic heterocycles. The van der Waals surface area contributed by atoms with Crippen molar-refractivity contribution in [3.05, 3.63) is 35.4 Å². The van der Waals surface area contributed by atoms with E-state index in [0.29, 0.717) is 6.54 Å². The number of hydrogen-bond acceptors (Lipinski definition) is 5. The predicted molar refractivity (Wildman–Crippen MR) is 97.4 cm³/mol. The van der Waals surface area contributed by atoms with E-state index in [1.165, 1.54) is 6.42 Å². The van der Waals surface area contributed by atoms with E-state index >= 15 is 0 Å². The fraction of sp³-hybridized carbons (Fsp3) is 0.474. The molecule has 5 nitrogen and oxygen atoms in total. The van der Waals surface area contributed by atoms with Gasteiger partial charge in [0.05, 0.1) is 18.4 Å². The quantitative estimate of drug-likeness (QED) is 0.376. The third-order valence-electron chi connectivity index (χ3n) is 4.10. The van der Waals surface area contributed by atoms with Crippen LogP contribution in [-0.2, 0) is 4.74 Å². The summed E-state index contributed by atoms with van der Waals surface area (Å²) in [6.07, 6.45) is 5.36. The van der Waals surface area contributed by atoms with Crippen LogP contribution >= 0.6 is 0 Å². The number of ether oxygens (including phenoxy) is 1. The Morgan fingerprint density at radius 2 is 2.38 bits per heavy atom. The molecule has 1 saturated heterocycles. The van der Waals surface area contributed by atoms with Gasteiger partial charge in [-0.25, -0.2) is 0 Å². The lowest BCUT2D eigenvalue weighted by Gasteiger charge is -2.20. The highest BCUT2D eigenvalue weighted by atomic mass is 16.5. The van der Waals surface area contributed by atoms with Crippen LogP contribution < -0.4 is 5.84 Å². The average Bonchev–Trinajstić information content (AvgIpc) is 2.64. The van der Waals surface area contributed by atoms with E-state index in [9.17, 15) is 0 Å². The number of aliphatic hydroxyl groups is 1. The minimum Gasteiger partial charge on any atom is -0.384 e. The summed E-state index contributed by atoms with van der Waals surface area (Å²) in [6.45, 7) is 3.36. The third kappa shape index (κ3) is 5.48. The number of benzene rings is 1. The molecule has 1 aromatic rings. The molecule has 0 radical (unpaired) electrons. The van der Waals surface area contributed by atoms with Crippen LogP contribution in [0, 0.1) is 11.8 Å². The van der Waals surface area contributed by atoms with Gasteiger partial charge >= 0.3 is 0 Å². The van der Waals surface area contributed by atoms with Crippen LogP contribution in [0.3, 0.4) is 0 Å². The Hall–Kier alpha value is -2.16. The van der Waals surface area contributed by atoms with E-state index in [2.05, 4.69) is 21.9 Å². The Morgan fingerprint density at radius 3 is 3.08 bits per heavy atom. The molecule has 0 bridgehead atoms. The first-order chi connectivity index (χ1) is 11.7. The van der Waals surface area contributed by atoms with Crippen molar-refractivity contribution in [2.24, 2.45) is 15.9 Å². The van der Waals surface area contributed by atoms with Gasteiger partial charge in [-0.3, -0.25) is 4.99 Å². The molecule has 128 valence electrons. The molecule has 1 heterocycles. The molecule has 0 spiro atoms. The highest BCUT2D eigenvalue weighted by Gasteiger charge is 2.14. The number of hydrogen-bond donors (Lipinski definition) is 2. The van der Waals surface area contributed by atoms with Gasteiger partial charge in [-0.1, -0.05) is 30.9 Å². The van der Waals surface area contributed by atoms with E-state index in [4.69, 9.17) is 15.7 Å². The van der Waals surface area contributed by atoms with Crippen LogP contribution in [0.4, 0.5) is 0 Å². The van der Waals surface area contributed by atoms with Gasteiger partial charge in [-0.2, -0.15) is 5.10 Å². The lowest BCUT2D eigenvalue weighted by atomic mass is 9.95. The topological polar surface area (TPSA) is 80.2 Å². The van der Waals surface area contributed by atoms with Gasteiger partial charge < -0.3 is 15.7 Å². The molecule has 2 unspecified atom stereocenters. The average molecular weight is 327 g/mol. The summed E-state index contributed by atoms with van der Waals surface area (Å²) in [6, 6.07) is 7.84. The molecule has 1 aliphatic heterocycles. The highest BCUT2D eigenvalue weighted by Crippen LogP contribution is 2.18. The molecule has 0 aliphatic carbocycles. The van der Waals surface area contributed by atoms with Gasteiger partial charge in [0, 0.05) is 24.3 Å². The van der Waals surface area contributed by atoms with Crippen molar-refractivity contribution in [1.29, 1.82) is 0 Å². The van der Waals surface area contributed by atoms with Crippen LogP contribution in [0.1, 0.15) is 43.2 Å². The number of nitrogens with two attached hydrogens (primary N) is 1. The molecule has 1 aliphatic rings. The molecule has 5 heteroatoms. The van der Waals surface area contributed by atoms with Gasteiger partial charge in [0.25, 0.3) is 0 Å². The zero-order valence-electron chi connectivity index (χ0n) is 14.1. The van der Waals surface area contributed by atoms with Gasteiger partial charge in [0.15, 0.2) is 0 Å². The molecule has 1 fully saturated rings. The van der Waals surface area contributed by atoms with E-state index in [0.717, 1.165) is 36.3 Å². The number of aliphatic imine (C=N–C) groups is 1. The Morgan fingerprint density at radius 1 is 1.50 bits per heavy atom. The summed E-state index contributed by atoms with van der Waals surface area (Å²) >= 11 is 0. The molecular weight excluding hydrogens is 302 g/mol. The molecular formula is C19H25N3O2. The van der Waals surface area contributed by atoms with Crippen LogP contribution in [0.25, 0.3) is 0 Å². The number of aliphatic hydroxyl groups excluding tert-OH is 1. The maximum absolute atomic E-state index is 8.80. The Kier molecular flexibility index (Phi) is 7.47. The second-order valence-corrected chi connectivity index (χ2v) is 5.84. The van der Waals surface area contributed by atoms with Crippen molar-refractivity contribution >= 4 is 11.9 Å². The van der Waals surface area contributed by atoms with Crippen molar-refractivity contribution in [3.63, 3.8) is 0 Å². The smallest absolute Gasteiger partial charge is 0.104 e. The third-order valence-corrected chi connectivity index (χ3v) is 4.10. The Bertz CT molecular complexity index is 638. The first kappa shape index (κ1) is 18.2. The summed E-state index contributed by atoms with van der Waals surface area (Å²) in [5, 5.41) is 12.7. The molecule has 2 rings (SSSR count). The Labute approximate surface area is 143 Å². The molecule has 1 aromatic carbocycles. The summed E-state index contributed by atoms with van der Waals surface area (Å²) in [5.74, 6) is 11.1. The maximum Gasteiger partial charge on any atom is 0.104 e. The minimum atomic E-state index is -0.148. The molecule has 0 saturated carbocycles. The largest absolute Gasteiger partial charge is 0.384 e. The van der Waals surface area contributed by atoms with Crippen LogP contribution in [0.5, 0.6) is 0 Å². The predicted octanol–water partition coefficient (Wildman–Crippen LogP) is 2.09. The lowest BCUT2D eigenvalue weighted by molar-refractivity contribution is 0.0226. The van der Waals surface area contributed by atoms with Crippen molar-refractivity contribution in [3.8, 4) is 11.8 Å². The zero-order chi connectivity index (χ0) is 17.2. The SMILES string of the molecule is CC(/C(C=NCC1CCCCO1)=N/N)c1cccc(C#CCO)c1. The van der Waals surface area contributed by atoms with Gasteiger partial charge in [0.1, 0.15) is 6.61 Å². The van der Waals surface area contributed by atoms with E-state index in [-0.39, 0.29) is 18.6 Å². The molecule has 24 heavy (non-hydrogen) atoms. The zero-order valence-corrected chi connectivity index (χ0v) is 14.1. The van der Waals surface area contributed by atoms with Gasteiger partial charge in [0.2, 0.25) is 0 Å². The lowest BCUT2D eigenvalue weighted by Crippen LogP contribution is -2.22. The second kappa shape index (κ2) is 9.86. The van der Waals surface area contributed by atoms with Crippen molar-refractivity contribution in [1.82, 2.24) is 0 Å². The summed E-state index contributed by atoms with van der Waals surface area (Å²) in [5.41, 5.74) is 2.64. The summed E-state index contributed by atoms with van der Waals surface area (Å²) in [4.78, 5) is 4.46. The van der Waals surface area contributed by atoms with E-state index < -0.39 is 0 Å². The molecule has 0 amide bonds. The van der Waals surface area contributed by atoms with Crippen LogP contribution in [-0.4, -0.2) is 42.9 Å². The number of rotatable bonds is 5. The van der Waals surface area contributed by atoms with Crippen LogP contribution in [0.15, 0.2) is 34.4 Å². The first-order valence-corrected chi connectivity index (χ1v) is 8.33. The fourth-order valence-corrected chi connectivity index (χ4v) is 2.67. The normalized spacial score (nSPS) is 19.8. The van der Waals surface area contributed by atoms with Crippen molar-refractivity contribution in [2.45, 2.75) is 38.2 Å². The highest BCUT2D eigenvalue weighted by molar-refractivity contribution is 6.32. The Balaban J connectivity index is 2.01. The fourth-order valence-electron chi connectivity index (χ4n) is 2.67. The van der Waals surface area contributed by atoms with Crippen molar-refractivity contribution in [2.75, 3.05) is 19.8 Å². The van der Waals surface area contributed by atoms with Crippen LogP contribution in [0.2, 0.25) is 0 Å². The van der Waals surface area contributed by atoms with Gasteiger partial charge in [-0.15, -0.1) is 0 Å². The molecule has 3 N–H and O–H groups in total. The summed E-state index contributed by atoms with van der Waals surface area (Å²) in [7, 11) is 0. The maximum atomic E-state index is 8.80. The monoisotopic (exact) mass is 327 g/mol. The first-order valence-electron chi connectivity index (χ1n) is 8.33. The van der Waals surface area contributed by atoms with E-state index in [1.54, 1.807) is 6.21 Å². The molecule has 2 atom stereocenters. The number of hydrazone groups is 1. The van der Waals surface area contributed by atoms with Gasteiger partial charge in [-0.05, 0) is 37.0 Å². The second-order valence-electron chi connectivity index (χ2n) is 5.84. The number of nitrogens with zero attached hydrogens (tertiary/aromatic N) is 2. The van der Waals surface area contributed by atoms with E-state index in [1.807, 2.05) is 31.2 Å². The standard InChI is InChI=1S/C19H25N3O2/c1-15(17-8-4-6-16(12-17)7-5-10-23)19(22-20)14-21-13-18-9-2-3-11-24-18/h4,6,8,12,14-15,18,23H,2-3,9-11,13,20H2,1H3/b21-14?,22-19+.